The number of hydrogen-bond acceptors (Lipinski definition) is 5. The minimum atomic E-state index is -0.210. The number of aryl methyl sites for hydroxylation is 2. The number of benzene rings is 1. The van der Waals surface area contributed by atoms with E-state index in [0.717, 1.165) is 49.8 Å². The number of hydrogen-bond donors (Lipinski definition) is 1. The normalized spacial score (nSPS) is 17.3. The van der Waals surface area contributed by atoms with Gasteiger partial charge in [0, 0.05) is 44.7 Å². The number of carbonyl (C=O) groups is 2. The fraction of sp³-hybridized carbons (Fsp3) is 0.545. The molecule has 30 heavy (non-hydrogen) atoms. The van der Waals surface area contributed by atoms with Crippen molar-refractivity contribution in [3.8, 4) is 0 Å². The first kappa shape index (κ1) is 20.5. The second-order valence-corrected chi connectivity index (χ2v) is 8.20. The van der Waals surface area contributed by atoms with Crippen LogP contribution >= 0.6 is 0 Å². The first-order valence-corrected chi connectivity index (χ1v) is 10.9. The van der Waals surface area contributed by atoms with Crippen molar-refractivity contribution in [3.63, 3.8) is 0 Å². The maximum Gasteiger partial charge on any atom is 0.251 e. The third-order valence-electron chi connectivity index (χ3n) is 5.96. The summed E-state index contributed by atoms with van der Waals surface area (Å²) < 4.78 is 2.28. The summed E-state index contributed by atoms with van der Waals surface area (Å²) in [4.78, 5) is 28.9. The zero-order chi connectivity index (χ0) is 20.9. The predicted molar refractivity (Wildman–Crippen MR) is 113 cm³/mol. The Morgan fingerprint density at radius 1 is 1.03 bits per heavy atom. The molecule has 8 nitrogen and oxygen atoms in total. The average molecular weight is 411 g/mol. The average Bonchev–Trinajstić information content (AvgIpc) is 2.97. The molecule has 1 aromatic heterocycles. The Balaban J connectivity index is 1.24. The zero-order valence-corrected chi connectivity index (χ0v) is 17.6. The minimum Gasteiger partial charge on any atom is -0.343 e. The molecule has 0 bridgehead atoms. The Kier molecular flexibility index (Phi) is 6.42. The van der Waals surface area contributed by atoms with Crippen LogP contribution in [0.15, 0.2) is 24.3 Å². The van der Waals surface area contributed by atoms with Gasteiger partial charge in [-0.3, -0.25) is 14.5 Å². The summed E-state index contributed by atoms with van der Waals surface area (Å²) in [6, 6.07) is 7.37. The number of nitrogens with zero attached hydrogens (tertiary/aromatic N) is 5. The molecule has 1 saturated heterocycles. The molecule has 2 aliphatic rings. The lowest BCUT2D eigenvalue weighted by Crippen LogP contribution is -2.51. The Hall–Kier alpha value is -2.74. The molecular formula is C22H30N6O2. The quantitative estimate of drug-likeness (QED) is 0.805. The molecule has 160 valence electrons. The van der Waals surface area contributed by atoms with E-state index in [1.54, 1.807) is 6.07 Å². The van der Waals surface area contributed by atoms with Crippen LogP contribution in [0.25, 0.3) is 0 Å². The number of rotatable bonds is 5. The van der Waals surface area contributed by atoms with E-state index >= 15 is 0 Å². The Labute approximate surface area is 177 Å². The van der Waals surface area contributed by atoms with Crippen LogP contribution in [0, 0.1) is 6.92 Å². The van der Waals surface area contributed by atoms with Gasteiger partial charge in [0.25, 0.3) is 5.91 Å². The predicted octanol–water partition coefficient (Wildman–Crippen LogP) is 1.39. The van der Waals surface area contributed by atoms with E-state index in [4.69, 9.17) is 0 Å². The SMILES string of the molecule is Cc1cccc(C(=O)NCC(=O)N2CCN(Cc3nnc4n3CCCCC4)CC2)c1. The van der Waals surface area contributed by atoms with Crippen LogP contribution in [0.5, 0.6) is 0 Å². The molecule has 3 heterocycles. The van der Waals surface area contributed by atoms with Gasteiger partial charge in [-0.2, -0.15) is 0 Å². The number of aromatic nitrogens is 3. The molecule has 2 aromatic rings. The summed E-state index contributed by atoms with van der Waals surface area (Å²) in [7, 11) is 0. The zero-order valence-electron chi connectivity index (χ0n) is 17.6. The van der Waals surface area contributed by atoms with E-state index in [-0.39, 0.29) is 18.4 Å². The molecule has 0 unspecified atom stereocenters. The Morgan fingerprint density at radius 3 is 2.67 bits per heavy atom. The summed E-state index contributed by atoms with van der Waals surface area (Å²) in [6.45, 7) is 6.71. The molecule has 4 rings (SSSR count). The Morgan fingerprint density at radius 2 is 1.87 bits per heavy atom. The molecule has 0 saturated carbocycles. The van der Waals surface area contributed by atoms with Crippen LogP contribution in [0.2, 0.25) is 0 Å². The van der Waals surface area contributed by atoms with E-state index in [2.05, 4.69) is 25.0 Å². The molecule has 0 atom stereocenters. The van der Waals surface area contributed by atoms with Crippen molar-refractivity contribution in [2.24, 2.45) is 0 Å². The minimum absolute atomic E-state index is 0.0322. The van der Waals surface area contributed by atoms with Crippen molar-refractivity contribution in [3.05, 3.63) is 47.0 Å². The molecule has 0 aliphatic carbocycles. The molecular weight excluding hydrogens is 380 g/mol. The van der Waals surface area contributed by atoms with Gasteiger partial charge in [0.2, 0.25) is 5.91 Å². The lowest BCUT2D eigenvalue weighted by molar-refractivity contribution is -0.131. The molecule has 1 fully saturated rings. The first-order valence-electron chi connectivity index (χ1n) is 10.9. The highest BCUT2D eigenvalue weighted by Gasteiger charge is 2.23. The van der Waals surface area contributed by atoms with Crippen molar-refractivity contribution in [2.75, 3.05) is 32.7 Å². The van der Waals surface area contributed by atoms with Gasteiger partial charge in [-0.05, 0) is 31.9 Å². The lowest BCUT2D eigenvalue weighted by atomic mass is 10.1. The summed E-state index contributed by atoms with van der Waals surface area (Å²) in [5.41, 5.74) is 1.61. The van der Waals surface area contributed by atoms with E-state index in [0.29, 0.717) is 18.7 Å². The fourth-order valence-electron chi connectivity index (χ4n) is 4.17. The van der Waals surface area contributed by atoms with Gasteiger partial charge in [0.15, 0.2) is 0 Å². The fourth-order valence-corrected chi connectivity index (χ4v) is 4.17. The highest BCUT2D eigenvalue weighted by atomic mass is 16.2. The van der Waals surface area contributed by atoms with Crippen LogP contribution < -0.4 is 5.32 Å². The Bertz CT molecular complexity index is 901. The van der Waals surface area contributed by atoms with Gasteiger partial charge in [-0.25, -0.2) is 0 Å². The summed E-state index contributed by atoms with van der Waals surface area (Å²) in [5, 5.41) is 11.5. The summed E-state index contributed by atoms with van der Waals surface area (Å²) in [5.74, 6) is 1.91. The van der Waals surface area contributed by atoms with Crippen LogP contribution in [0.4, 0.5) is 0 Å². The molecule has 1 aromatic carbocycles. The van der Waals surface area contributed by atoms with Gasteiger partial charge in [-0.1, -0.05) is 24.1 Å². The third kappa shape index (κ3) is 4.87. The largest absolute Gasteiger partial charge is 0.343 e. The summed E-state index contributed by atoms with van der Waals surface area (Å²) in [6.07, 6.45) is 4.65. The third-order valence-corrected chi connectivity index (χ3v) is 5.96. The van der Waals surface area contributed by atoms with Crippen LogP contribution in [0.3, 0.4) is 0 Å². The highest BCUT2D eigenvalue weighted by Crippen LogP contribution is 2.16. The van der Waals surface area contributed by atoms with Gasteiger partial charge in [0.1, 0.15) is 11.6 Å². The molecule has 1 N–H and O–H groups in total. The lowest BCUT2D eigenvalue weighted by Gasteiger charge is -2.34. The first-order chi connectivity index (χ1) is 14.6. The molecule has 0 spiro atoms. The number of fused-ring (bicyclic) bond motifs is 1. The molecule has 2 amide bonds. The van der Waals surface area contributed by atoms with Crippen molar-refractivity contribution in [2.45, 2.75) is 45.7 Å². The van der Waals surface area contributed by atoms with Gasteiger partial charge >= 0.3 is 0 Å². The highest BCUT2D eigenvalue weighted by molar-refractivity contribution is 5.96. The van der Waals surface area contributed by atoms with Crippen molar-refractivity contribution in [1.82, 2.24) is 29.9 Å². The van der Waals surface area contributed by atoms with Crippen molar-refractivity contribution in [1.29, 1.82) is 0 Å². The number of carbonyl (C=O) groups excluding carboxylic acids is 2. The second kappa shape index (κ2) is 9.38. The smallest absolute Gasteiger partial charge is 0.251 e. The molecule has 8 heteroatoms. The number of piperazine rings is 1. The van der Waals surface area contributed by atoms with Gasteiger partial charge in [-0.15, -0.1) is 10.2 Å². The van der Waals surface area contributed by atoms with E-state index < -0.39 is 0 Å². The monoisotopic (exact) mass is 410 g/mol. The second-order valence-electron chi connectivity index (χ2n) is 8.20. The standard InChI is InChI=1S/C22H30N6O2/c1-17-6-5-7-18(14-17)22(30)23-15-21(29)27-12-10-26(11-13-27)16-20-25-24-19-8-3-2-4-9-28(19)20/h5-7,14H,2-4,8-13,15-16H2,1H3,(H,23,30). The van der Waals surface area contributed by atoms with Crippen LogP contribution in [-0.2, 0) is 24.3 Å². The number of amides is 2. The summed E-state index contributed by atoms with van der Waals surface area (Å²) >= 11 is 0. The van der Waals surface area contributed by atoms with Gasteiger partial charge < -0.3 is 14.8 Å². The van der Waals surface area contributed by atoms with E-state index in [1.165, 1.54) is 19.3 Å². The molecule has 0 radical (unpaired) electrons. The topological polar surface area (TPSA) is 83.4 Å². The van der Waals surface area contributed by atoms with E-state index in [9.17, 15) is 9.59 Å². The maximum atomic E-state index is 12.5. The molecule has 2 aliphatic heterocycles. The van der Waals surface area contributed by atoms with Gasteiger partial charge in [0.05, 0.1) is 13.1 Å². The van der Waals surface area contributed by atoms with Crippen molar-refractivity contribution < 1.29 is 9.59 Å². The maximum absolute atomic E-state index is 12.5. The van der Waals surface area contributed by atoms with Crippen LogP contribution in [0.1, 0.15) is 46.8 Å². The van der Waals surface area contributed by atoms with E-state index in [1.807, 2.05) is 30.0 Å². The number of nitrogens with one attached hydrogen (secondary N) is 1. The van der Waals surface area contributed by atoms with Crippen molar-refractivity contribution >= 4 is 11.8 Å². The van der Waals surface area contributed by atoms with Crippen LogP contribution in [-0.4, -0.2) is 69.1 Å².